The Morgan fingerprint density at radius 3 is 2.30 bits per heavy atom. The standard InChI is InChI=1S/C8H15NO/c9-7-5-3-1-2-4-6-8(7)10/h10H,1-6,9H2/b8-7-. The first kappa shape index (κ1) is 7.45. The number of hydrogen-bond acceptors (Lipinski definition) is 2. The van der Waals surface area contributed by atoms with E-state index in [0.717, 1.165) is 25.7 Å². The van der Waals surface area contributed by atoms with Crippen LogP contribution in [0.4, 0.5) is 0 Å². The lowest BCUT2D eigenvalue weighted by molar-refractivity contribution is 0.363. The van der Waals surface area contributed by atoms with E-state index in [1.807, 2.05) is 0 Å². The molecular formula is C8H15NO. The van der Waals surface area contributed by atoms with Gasteiger partial charge in [-0.3, -0.25) is 0 Å². The van der Waals surface area contributed by atoms with Gasteiger partial charge >= 0.3 is 0 Å². The summed E-state index contributed by atoms with van der Waals surface area (Å²) in [5, 5.41) is 9.24. The van der Waals surface area contributed by atoms with Gasteiger partial charge in [-0.1, -0.05) is 12.8 Å². The Balaban J connectivity index is 2.51. The molecule has 1 aliphatic carbocycles. The van der Waals surface area contributed by atoms with E-state index < -0.39 is 0 Å². The predicted octanol–water partition coefficient (Wildman–Crippen LogP) is 2.07. The van der Waals surface area contributed by atoms with E-state index in [0.29, 0.717) is 11.5 Å². The molecule has 0 amide bonds. The van der Waals surface area contributed by atoms with Crippen LogP contribution in [0.25, 0.3) is 0 Å². The van der Waals surface area contributed by atoms with Crippen molar-refractivity contribution in [3.05, 3.63) is 11.5 Å². The minimum atomic E-state index is 0.430. The molecule has 0 aliphatic heterocycles. The van der Waals surface area contributed by atoms with Crippen LogP contribution in [0.1, 0.15) is 38.5 Å². The third kappa shape index (κ3) is 1.94. The zero-order valence-corrected chi connectivity index (χ0v) is 6.27. The lowest BCUT2D eigenvalue weighted by atomic mass is 10.0. The van der Waals surface area contributed by atoms with Gasteiger partial charge < -0.3 is 10.8 Å². The maximum absolute atomic E-state index is 9.24. The Kier molecular flexibility index (Phi) is 2.60. The number of aliphatic hydroxyl groups is 1. The molecule has 10 heavy (non-hydrogen) atoms. The van der Waals surface area contributed by atoms with Gasteiger partial charge in [0.15, 0.2) is 0 Å². The summed E-state index contributed by atoms with van der Waals surface area (Å²) < 4.78 is 0. The number of hydrogen-bond donors (Lipinski definition) is 2. The Morgan fingerprint density at radius 2 is 1.60 bits per heavy atom. The molecular weight excluding hydrogens is 126 g/mol. The molecule has 0 fully saturated rings. The van der Waals surface area contributed by atoms with Gasteiger partial charge in [-0.25, -0.2) is 0 Å². The van der Waals surface area contributed by atoms with Crippen molar-refractivity contribution in [2.45, 2.75) is 38.5 Å². The van der Waals surface area contributed by atoms with E-state index >= 15 is 0 Å². The second kappa shape index (κ2) is 3.49. The molecule has 2 nitrogen and oxygen atoms in total. The third-order valence-corrected chi connectivity index (χ3v) is 1.98. The molecule has 0 unspecified atom stereocenters. The molecule has 0 saturated carbocycles. The molecule has 2 heteroatoms. The first-order valence-electron chi connectivity index (χ1n) is 3.97. The van der Waals surface area contributed by atoms with E-state index in [1.165, 1.54) is 12.8 Å². The average molecular weight is 141 g/mol. The molecule has 1 aliphatic rings. The van der Waals surface area contributed by atoms with Gasteiger partial charge in [0.05, 0.1) is 0 Å². The van der Waals surface area contributed by atoms with Gasteiger partial charge in [0.2, 0.25) is 0 Å². The summed E-state index contributed by atoms with van der Waals surface area (Å²) in [7, 11) is 0. The Hall–Kier alpha value is -0.660. The first-order valence-corrected chi connectivity index (χ1v) is 3.97. The highest BCUT2D eigenvalue weighted by atomic mass is 16.3. The third-order valence-electron chi connectivity index (χ3n) is 1.98. The topological polar surface area (TPSA) is 46.2 Å². The van der Waals surface area contributed by atoms with Crippen LogP contribution in [0, 0.1) is 0 Å². The van der Waals surface area contributed by atoms with Crippen LogP contribution < -0.4 is 5.73 Å². The molecule has 1 rings (SSSR count). The van der Waals surface area contributed by atoms with Crippen LogP contribution in [0.15, 0.2) is 11.5 Å². The molecule has 0 bridgehead atoms. The highest BCUT2D eigenvalue weighted by Gasteiger charge is 2.04. The maximum atomic E-state index is 9.24. The Labute approximate surface area is 61.7 Å². The maximum Gasteiger partial charge on any atom is 0.111 e. The van der Waals surface area contributed by atoms with E-state index in [2.05, 4.69) is 0 Å². The quantitative estimate of drug-likeness (QED) is 0.542. The second-order valence-electron chi connectivity index (χ2n) is 2.89. The summed E-state index contributed by atoms with van der Waals surface area (Å²) in [5.74, 6) is 0.430. The van der Waals surface area contributed by atoms with Crippen molar-refractivity contribution in [3.8, 4) is 0 Å². The normalized spacial score (nSPS) is 29.2. The van der Waals surface area contributed by atoms with Crippen molar-refractivity contribution in [2.75, 3.05) is 0 Å². The summed E-state index contributed by atoms with van der Waals surface area (Å²) in [6.45, 7) is 0. The lowest BCUT2D eigenvalue weighted by Crippen LogP contribution is -2.04. The van der Waals surface area contributed by atoms with Crippen LogP contribution in [-0.4, -0.2) is 5.11 Å². The molecule has 0 heterocycles. The molecule has 58 valence electrons. The van der Waals surface area contributed by atoms with Gasteiger partial charge in [0, 0.05) is 12.1 Å². The van der Waals surface area contributed by atoms with Gasteiger partial charge in [-0.05, 0) is 19.3 Å². The number of aliphatic hydroxyl groups excluding tert-OH is 1. The van der Waals surface area contributed by atoms with Crippen molar-refractivity contribution >= 4 is 0 Å². The summed E-state index contributed by atoms with van der Waals surface area (Å²) in [4.78, 5) is 0. The van der Waals surface area contributed by atoms with E-state index in [-0.39, 0.29) is 0 Å². The Morgan fingerprint density at radius 1 is 1.00 bits per heavy atom. The minimum absolute atomic E-state index is 0.430. The van der Waals surface area contributed by atoms with E-state index in [9.17, 15) is 5.11 Å². The minimum Gasteiger partial charge on any atom is -0.511 e. The van der Waals surface area contributed by atoms with Gasteiger partial charge in [-0.2, -0.15) is 0 Å². The van der Waals surface area contributed by atoms with Crippen LogP contribution in [0.5, 0.6) is 0 Å². The zero-order valence-electron chi connectivity index (χ0n) is 6.27. The molecule has 3 N–H and O–H groups in total. The molecule has 0 aromatic heterocycles. The largest absolute Gasteiger partial charge is 0.511 e. The fourth-order valence-electron chi connectivity index (χ4n) is 1.27. The number of allylic oxidation sites excluding steroid dienone is 2. The van der Waals surface area contributed by atoms with Crippen LogP contribution >= 0.6 is 0 Å². The van der Waals surface area contributed by atoms with Crippen molar-refractivity contribution in [1.29, 1.82) is 0 Å². The fraction of sp³-hybridized carbons (Fsp3) is 0.750. The van der Waals surface area contributed by atoms with Crippen molar-refractivity contribution in [2.24, 2.45) is 5.73 Å². The molecule has 0 atom stereocenters. The van der Waals surface area contributed by atoms with E-state index in [4.69, 9.17) is 5.73 Å². The van der Waals surface area contributed by atoms with Crippen molar-refractivity contribution in [3.63, 3.8) is 0 Å². The summed E-state index contributed by atoms with van der Waals surface area (Å²) in [6.07, 6.45) is 6.38. The summed E-state index contributed by atoms with van der Waals surface area (Å²) in [6, 6.07) is 0. The molecule has 0 saturated heterocycles. The predicted molar refractivity (Wildman–Crippen MR) is 41.5 cm³/mol. The van der Waals surface area contributed by atoms with Crippen molar-refractivity contribution in [1.82, 2.24) is 0 Å². The first-order chi connectivity index (χ1) is 4.80. The average Bonchev–Trinajstić information content (AvgIpc) is 1.92. The molecule has 0 aromatic rings. The Bertz CT molecular complexity index is 124. The van der Waals surface area contributed by atoms with E-state index in [1.54, 1.807) is 0 Å². The van der Waals surface area contributed by atoms with Gasteiger partial charge in [0.25, 0.3) is 0 Å². The van der Waals surface area contributed by atoms with Crippen molar-refractivity contribution < 1.29 is 5.11 Å². The van der Waals surface area contributed by atoms with Crippen LogP contribution in [0.2, 0.25) is 0 Å². The van der Waals surface area contributed by atoms with Crippen LogP contribution in [-0.2, 0) is 0 Å². The monoisotopic (exact) mass is 141 g/mol. The summed E-state index contributed by atoms with van der Waals surface area (Å²) in [5.41, 5.74) is 6.29. The SMILES string of the molecule is N/C1=C(\O)CCCCCC1. The van der Waals surface area contributed by atoms with Crippen LogP contribution in [0.3, 0.4) is 0 Å². The second-order valence-corrected chi connectivity index (χ2v) is 2.89. The lowest BCUT2D eigenvalue weighted by Gasteiger charge is -2.09. The highest BCUT2D eigenvalue weighted by molar-refractivity contribution is 5.03. The molecule has 0 radical (unpaired) electrons. The molecule has 0 spiro atoms. The van der Waals surface area contributed by atoms with Gasteiger partial charge in [-0.15, -0.1) is 0 Å². The number of rotatable bonds is 0. The smallest absolute Gasteiger partial charge is 0.111 e. The fourth-order valence-corrected chi connectivity index (χ4v) is 1.27. The van der Waals surface area contributed by atoms with Gasteiger partial charge in [0.1, 0.15) is 5.76 Å². The number of nitrogens with two attached hydrogens (primary N) is 1. The molecule has 0 aromatic carbocycles. The summed E-state index contributed by atoms with van der Waals surface area (Å²) >= 11 is 0. The highest BCUT2D eigenvalue weighted by Crippen LogP contribution is 2.17. The zero-order chi connectivity index (χ0) is 7.40.